The average Bonchev–Trinajstić information content (AvgIpc) is 3.01. The van der Waals surface area contributed by atoms with Gasteiger partial charge in [0.05, 0.1) is 12.6 Å². The molecule has 1 aromatic heterocycles. The number of hydrogen-bond donors (Lipinski definition) is 2. The van der Waals surface area contributed by atoms with Crippen LogP contribution in [0.3, 0.4) is 0 Å². The summed E-state index contributed by atoms with van der Waals surface area (Å²) in [6, 6.07) is 10.2. The number of aromatic nitrogens is 1. The number of ether oxygens (including phenoxy) is 1. The monoisotopic (exact) mass is 324 g/mol. The molecular formula is C19H24N4O. The van der Waals surface area contributed by atoms with Crippen LogP contribution in [0.2, 0.25) is 0 Å². The molecule has 0 saturated heterocycles. The van der Waals surface area contributed by atoms with Gasteiger partial charge in [0.15, 0.2) is 5.96 Å². The van der Waals surface area contributed by atoms with E-state index in [0.717, 1.165) is 17.7 Å². The van der Waals surface area contributed by atoms with Crippen LogP contribution in [0.5, 0.6) is 5.88 Å². The first-order valence-corrected chi connectivity index (χ1v) is 8.40. The molecule has 0 atom stereocenters. The zero-order valence-corrected chi connectivity index (χ0v) is 14.2. The number of nitrogens with zero attached hydrogens (tertiary/aromatic N) is 2. The lowest BCUT2D eigenvalue weighted by atomic mass is 10.1. The number of nitrogens with one attached hydrogen (secondary N) is 1. The van der Waals surface area contributed by atoms with Gasteiger partial charge in [-0.3, -0.25) is 0 Å². The Balaban J connectivity index is 1.58. The summed E-state index contributed by atoms with van der Waals surface area (Å²) in [7, 11) is 0. The molecule has 0 saturated carbocycles. The minimum atomic E-state index is 0.119. The highest BCUT2D eigenvalue weighted by atomic mass is 16.5. The zero-order valence-electron chi connectivity index (χ0n) is 14.2. The van der Waals surface area contributed by atoms with E-state index in [9.17, 15) is 0 Å². The van der Waals surface area contributed by atoms with Crippen LogP contribution in [0.15, 0.2) is 41.5 Å². The Hall–Kier alpha value is -2.56. The van der Waals surface area contributed by atoms with E-state index in [0.29, 0.717) is 18.4 Å². The van der Waals surface area contributed by atoms with E-state index in [-0.39, 0.29) is 6.10 Å². The zero-order chi connectivity index (χ0) is 16.9. The summed E-state index contributed by atoms with van der Waals surface area (Å²) in [5.74, 6) is 1.04. The highest BCUT2D eigenvalue weighted by molar-refractivity contribution is 5.92. The van der Waals surface area contributed by atoms with E-state index >= 15 is 0 Å². The number of fused-ring (bicyclic) bond motifs is 1. The van der Waals surface area contributed by atoms with Crippen molar-refractivity contribution in [2.45, 2.75) is 45.8 Å². The molecular weight excluding hydrogens is 300 g/mol. The molecule has 126 valence electrons. The Morgan fingerprint density at radius 3 is 2.83 bits per heavy atom. The Bertz CT molecular complexity index is 723. The van der Waals surface area contributed by atoms with Gasteiger partial charge in [0.25, 0.3) is 0 Å². The summed E-state index contributed by atoms with van der Waals surface area (Å²) < 4.78 is 5.53. The molecule has 1 aliphatic carbocycles. The van der Waals surface area contributed by atoms with Crippen molar-refractivity contribution in [3.05, 3.63) is 53.2 Å². The summed E-state index contributed by atoms with van der Waals surface area (Å²) in [6.07, 6.45) is 5.46. The molecule has 3 N–H and O–H groups in total. The van der Waals surface area contributed by atoms with E-state index < -0.39 is 0 Å². The quantitative estimate of drug-likeness (QED) is 0.654. The Labute approximate surface area is 143 Å². The van der Waals surface area contributed by atoms with Gasteiger partial charge in [-0.05, 0) is 61.9 Å². The highest BCUT2D eigenvalue weighted by Crippen LogP contribution is 2.24. The molecule has 0 aliphatic heterocycles. The van der Waals surface area contributed by atoms with Gasteiger partial charge < -0.3 is 15.8 Å². The molecule has 24 heavy (non-hydrogen) atoms. The van der Waals surface area contributed by atoms with Gasteiger partial charge in [-0.15, -0.1) is 0 Å². The fraction of sp³-hybridized carbons (Fsp3) is 0.368. The first-order chi connectivity index (χ1) is 11.6. The number of guanidine groups is 1. The van der Waals surface area contributed by atoms with Crippen molar-refractivity contribution in [3.63, 3.8) is 0 Å². The predicted octanol–water partition coefficient (Wildman–Crippen LogP) is 3.28. The molecule has 0 amide bonds. The van der Waals surface area contributed by atoms with E-state index in [2.05, 4.69) is 33.5 Å². The largest absolute Gasteiger partial charge is 0.475 e. The predicted molar refractivity (Wildman–Crippen MR) is 97.4 cm³/mol. The molecule has 2 aromatic rings. The second-order valence-electron chi connectivity index (χ2n) is 6.33. The summed E-state index contributed by atoms with van der Waals surface area (Å²) in [6.45, 7) is 4.44. The maximum Gasteiger partial charge on any atom is 0.213 e. The van der Waals surface area contributed by atoms with Crippen LogP contribution in [-0.2, 0) is 19.4 Å². The standard InChI is InChI=1S/C19H24N4O/c1-13(2)24-18-9-6-14(11-21-18)12-22-19(20)23-17-8-7-15-4-3-5-16(15)10-17/h6-11,13H,3-5,12H2,1-2H3,(H3,20,22,23). The number of pyridine rings is 1. The summed E-state index contributed by atoms with van der Waals surface area (Å²) >= 11 is 0. The number of benzene rings is 1. The SMILES string of the molecule is CC(C)Oc1ccc(CN=C(N)Nc2ccc3c(c2)CCC3)cn1. The lowest BCUT2D eigenvalue weighted by Crippen LogP contribution is -2.22. The van der Waals surface area contributed by atoms with E-state index in [1.165, 1.54) is 24.0 Å². The fourth-order valence-corrected chi connectivity index (χ4v) is 2.83. The summed E-state index contributed by atoms with van der Waals surface area (Å²) in [4.78, 5) is 8.64. The minimum Gasteiger partial charge on any atom is -0.475 e. The number of nitrogens with two attached hydrogens (primary N) is 1. The smallest absolute Gasteiger partial charge is 0.213 e. The number of aliphatic imine (C=N–C) groups is 1. The molecule has 0 fully saturated rings. The van der Waals surface area contributed by atoms with Crippen molar-refractivity contribution in [2.75, 3.05) is 5.32 Å². The average molecular weight is 324 g/mol. The van der Waals surface area contributed by atoms with E-state index in [1.807, 2.05) is 26.0 Å². The van der Waals surface area contributed by atoms with Gasteiger partial charge in [-0.25, -0.2) is 9.98 Å². The molecule has 0 spiro atoms. The van der Waals surface area contributed by atoms with Gasteiger partial charge in [0.2, 0.25) is 5.88 Å². The summed E-state index contributed by atoms with van der Waals surface area (Å²) in [5, 5.41) is 3.16. The lowest BCUT2D eigenvalue weighted by molar-refractivity contribution is 0.232. The minimum absolute atomic E-state index is 0.119. The third-order valence-corrected chi connectivity index (χ3v) is 3.96. The third kappa shape index (κ3) is 4.25. The normalized spacial score (nSPS) is 13.9. The van der Waals surface area contributed by atoms with Crippen molar-refractivity contribution in [1.29, 1.82) is 0 Å². The Kier molecular flexibility index (Phi) is 4.99. The highest BCUT2D eigenvalue weighted by Gasteiger charge is 2.10. The number of rotatable bonds is 5. The second kappa shape index (κ2) is 7.34. The van der Waals surface area contributed by atoms with Crippen LogP contribution in [0, 0.1) is 0 Å². The molecule has 1 heterocycles. The molecule has 0 unspecified atom stereocenters. The van der Waals surface area contributed by atoms with Crippen LogP contribution in [-0.4, -0.2) is 17.0 Å². The fourth-order valence-electron chi connectivity index (χ4n) is 2.83. The molecule has 3 rings (SSSR count). The van der Waals surface area contributed by atoms with Gasteiger partial charge in [0, 0.05) is 18.0 Å². The maximum absolute atomic E-state index is 5.99. The molecule has 1 aliphatic rings. The van der Waals surface area contributed by atoms with E-state index in [1.54, 1.807) is 6.20 Å². The molecule has 1 aromatic carbocycles. The number of hydrogen-bond acceptors (Lipinski definition) is 3. The second-order valence-corrected chi connectivity index (χ2v) is 6.33. The van der Waals surface area contributed by atoms with Crippen LogP contribution in [0.4, 0.5) is 5.69 Å². The number of aryl methyl sites for hydroxylation is 2. The van der Waals surface area contributed by atoms with Crippen molar-refractivity contribution >= 4 is 11.6 Å². The maximum atomic E-state index is 5.99. The third-order valence-electron chi connectivity index (χ3n) is 3.96. The number of anilines is 1. The molecule has 5 heteroatoms. The van der Waals surface area contributed by atoms with Crippen molar-refractivity contribution in [3.8, 4) is 5.88 Å². The van der Waals surface area contributed by atoms with Crippen LogP contribution in [0.1, 0.15) is 37.0 Å². The van der Waals surface area contributed by atoms with Crippen LogP contribution < -0.4 is 15.8 Å². The van der Waals surface area contributed by atoms with Gasteiger partial charge in [-0.1, -0.05) is 12.1 Å². The van der Waals surface area contributed by atoms with Crippen molar-refractivity contribution in [1.82, 2.24) is 4.98 Å². The lowest BCUT2D eigenvalue weighted by Gasteiger charge is -2.09. The van der Waals surface area contributed by atoms with Crippen molar-refractivity contribution in [2.24, 2.45) is 10.7 Å². The van der Waals surface area contributed by atoms with Gasteiger partial charge >= 0.3 is 0 Å². The Morgan fingerprint density at radius 1 is 1.25 bits per heavy atom. The van der Waals surface area contributed by atoms with Gasteiger partial charge in [0.1, 0.15) is 0 Å². The molecule has 5 nitrogen and oxygen atoms in total. The van der Waals surface area contributed by atoms with Gasteiger partial charge in [-0.2, -0.15) is 0 Å². The first kappa shape index (κ1) is 16.3. The van der Waals surface area contributed by atoms with Crippen LogP contribution in [0.25, 0.3) is 0 Å². The van der Waals surface area contributed by atoms with Crippen molar-refractivity contribution < 1.29 is 4.74 Å². The molecule has 0 radical (unpaired) electrons. The topological polar surface area (TPSA) is 72.5 Å². The Morgan fingerprint density at radius 2 is 2.08 bits per heavy atom. The van der Waals surface area contributed by atoms with Crippen LogP contribution >= 0.6 is 0 Å². The van der Waals surface area contributed by atoms with E-state index in [4.69, 9.17) is 10.5 Å². The molecule has 0 bridgehead atoms. The summed E-state index contributed by atoms with van der Waals surface area (Å²) in [5.41, 5.74) is 10.8. The first-order valence-electron chi connectivity index (χ1n) is 8.40.